The van der Waals surface area contributed by atoms with Gasteiger partial charge in [-0.2, -0.15) is 11.8 Å². The number of carboxylic acid groups (broad SMARTS) is 1. The zero-order valence-corrected chi connectivity index (χ0v) is 14.4. The van der Waals surface area contributed by atoms with Gasteiger partial charge >= 0.3 is 5.97 Å². The monoisotopic (exact) mass is 371 g/mol. The Morgan fingerprint density at radius 2 is 1.76 bits per heavy atom. The van der Waals surface area contributed by atoms with E-state index in [0.29, 0.717) is 5.75 Å². The van der Waals surface area contributed by atoms with E-state index in [0.717, 1.165) is 17.9 Å². The highest BCUT2D eigenvalue weighted by Gasteiger charge is 2.27. The van der Waals surface area contributed by atoms with Crippen molar-refractivity contribution in [3.05, 3.63) is 43.5 Å². The summed E-state index contributed by atoms with van der Waals surface area (Å²) in [4.78, 5) is 43.9. The Kier molecular flexibility index (Phi) is 7.30. The summed E-state index contributed by atoms with van der Waals surface area (Å²) >= 11 is 1.50. The molecule has 0 radical (unpaired) electrons. The average Bonchev–Trinajstić information content (AvgIpc) is 2.53. The van der Waals surface area contributed by atoms with Crippen LogP contribution in [0.5, 0.6) is 0 Å². The molecule has 0 spiro atoms. The van der Waals surface area contributed by atoms with Crippen LogP contribution < -0.4 is 5.32 Å². The molecule has 0 heterocycles. The molecule has 0 aliphatic rings. The van der Waals surface area contributed by atoms with Gasteiger partial charge in [-0.25, -0.2) is 4.79 Å². The van der Waals surface area contributed by atoms with Gasteiger partial charge in [0.2, 0.25) is 0 Å². The second kappa shape index (κ2) is 8.97. The molecule has 0 aliphatic carbocycles. The topological polar surface area (TPSA) is 153 Å². The Bertz CT molecular complexity index is 673. The van der Waals surface area contributed by atoms with Crippen LogP contribution in [0.25, 0.3) is 0 Å². The van der Waals surface area contributed by atoms with E-state index < -0.39 is 39.1 Å². The van der Waals surface area contributed by atoms with E-state index in [-0.39, 0.29) is 17.5 Å². The number of amides is 1. The number of nitrogens with one attached hydrogen (secondary N) is 1. The van der Waals surface area contributed by atoms with Crippen molar-refractivity contribution < 1.29 is 24.5 Å². The first-order chi connectivity index (χ1) is 11.7. The van der Waals surface area contributed by atoms with Crippen molar-refractivity contribution in [2.24, 2.45) is 0 Å². The van der Waals surface area contributed by atoms with E-state index in [2.05, 4.69) is 5.32 Å². The lowest BCUT2D eigenvalue weighted by atomic mass is 10.1. The van der Waals surface area contributed by atoms with E-state index in [1.165, 1.54) is 18.7 Å². The molecule has 136 valence electrons. The Labute approximate surface area is 146 Å². The molecule has 1 rings (SSSR count). The van der Waals surface area contributed by atoms with Crippen molar-refractivity contribution in [3.63, 3.8) is 0 Å². The highest BCUT2D eigenvalue weighted by Crippen LogP contribution is 2.29. The van der Waals surface area contributed by atoms with Crippen LogP contribution in [0.1, 0.15) is 29.3 Å². The minimum atomic E-state index is -1.25. The normalized spacial score (nSPS) is 11.6. The van der Waals surface area contributed by atoms with Gasteiger partial charge < -0.3 is 10.4 Å². The fraction of sp³-hybridized carbons (Fsp3) is 0.429. The number of benzene rings is 1. The molecule has 1 amide bonds. The first-order valence-corrected chi connectivity index (χ1v) is 8.39. The number of nitrogens with zero attached hydrogens (tertiary/aromatic N) is 2. The second-order valence-corrected chi connectivity index (χ2v) is 6.40. The number of carboxylic acids is 1. The lowest BCUT2D eigenvalue weighted by Crippen LogP contribution is -2.41. The van der Waals surface area contributed by atoms with Gasteiger partial charge in [0.25, 0.3) is 17.3 Å². The lowest BCUT2D eigenvalue weighted by molar-refractivity contribution is -0.395. The van der Waals surface area contributed by atoms with Gasteiger partial charge in [0, 0.05) is 12.1 Å². The molecule has 0 aromatic heterocycles. The highest BCUT2D eigenvalue weighted by molar-refractivity contribution is 7.99. The van der Waals surface area contributed by atoms with Crippen LogP contribution in [0.2, 0.25) is 0 Å². The maximum atomic E-state index is 12.2. The predicted molar refractivity (Wildman–Crippen MR) is 91.0 cm³/mol. The van der Waals surface area contributed by atoms with E-state index >= 15 is 0 Å². The Balaban J connectivity index is 3.13. The van der Waals surface area contributed by atoms with Crippen LogP contribution in [0, 0.1) is 27.2 Å². The van der Waals surface area contributed by atoms with E-state index in [4.69, 9.17) is 5.11 Å². The molecule has 2 N–H and O–H groups in total. The quantitative estimate of drug-likeness (QED) is 0.380. The summed E-state index contributed by atoms with van der Waals surface area (Å²) in [7, 11) is 0. The van der Waals surface area contributed by atoms with Gasteiger partial charge in [0.1, 0.15) is 11.6 Å². The number of nitro benzene ring substituents is 2. The third-order valence-electron chi connectivity index (χ3n) is 3.37. The molecule has 10 nitrogen and oxygen atoms in total. The Morgan fingerprint density at radius 1 is 1.24 bits per heavy atom. The van der Waals surface area contributed by atoms with Gasteiger partial charge in [-0.15, -0.1) is 0 Å². The maximum Gasteiger partial charge on any atom is 0.326 e. The summed E-state index contributed by atoms with van der Waals surface area (Å²) < 4.78 is 0. The van der Waals surface area contributed by atoms with Crippen molar-refractivity contribution in [2.45, 2.75) is 26.3 Å². The molecule has 1 unspecified atom stereocenters. The SMILES string of the molecule is CCSCCC(NC(=O)c1cc([N+](=O)[O-])c(C)c([N+](=O)[O-])c1)C(=O)O. The standard InChI is InChI=1S/C14H17N3O7S/c1-3-25-5-4-10(14(19)20)15-13(18)9-6-11(16(21)22)8(2)12(7-9)17(23)24/h6-7,10H,3-5H2,1-2H3,(H,15,18)(H,19,20). The number of nitro groups is 2. The van der Waals surface area contributed by atoms with Crippen LogP contribution in [0.4, 0.5) is 11.4 Å². The largest absolute Gasteiger partial charge is 0.480 e. The minimum absolute atomic E-state index is 0.162. The van der Waals surface area contributed by atoms with E-state index in [1.54, 1.807) is 0 Å². The molecule has 25 heavy (non-hydrogen) atoms. The molecule has 0 bridgehead atoms. The summed E-state index contributed by atoms with van der Waals surface area (Å²) in [6.45, 7) is 3.11. The Morgan fingerprint density at radius 3 is 2.16 bits per heavy atom. The van der Waals surface area contributed by atoms with E-state index in [1.807, 2.05) is 6.92 Å². The number of carbonyl (C=O) groups excluding carboxylic acids is 1. The second-order valence-electron chi connectivity index (χ2n) is 5.00. The molecule has 1 aromatic carbocycles. The molecular formula is C14H17N3O7S. The van der Waals surface area contributed by atoms with Crippen LogP contribution in [-0.2, 0) is 4.79 Å². The van der Waals surface area contributed by atoms with Crippen molar-refractivity contribution in [2.75, 3.05) is 11.5 Å². The van der Waals surface area contributed by atoms with Crippen LogP contribution in [-0.4, -0.2) is 44.4 Å². The van der Waals surface area contributed by atoms with Crippen molar-refractivity contribution in [1.82, 2.24) is 5.32 Å². The van der Waals surface area contributed by atoms with Gasteiger partial charge in [-0.05, 0) is 24.9 Å². The average molecular weight is 371 g/mol. The fourth-order valence-electron chi connectivity index (χ4n) is 2.04. The van der Waals surface area contributed by atoms with Crippen LogP contribution in [0.3, 0.4) is 0 Å². The molecule has 1 atom stereocenters. The Hall–Kier alpha value is -2.69. The summed E-state index contributed by atoms with van der Waals surface area (Å²) in [6.07, 6.45) is 0.162. The lowest BCUT2D eigenvalue weighted by Gasteiger charge is -2.14. The molecule has 11 heteroatoms. The summed E-state index contributed by atoms with van der Waals surface area (Å²) in [5.41, 5.74) is -1.67. The summed E-state index contributed by atoms with van der Waals surface area (Å²) in [5, 5.41) is 33.5. The zero-order chi connectivity index (χ0) is 19.1. The number of rotatable bonds is 9. The minimum Gasteiger partial charge on any atom is -0.480 e. The van der Waals surface area contributed by atoms with Crippen molar-refractivity contribution in [3.8, 4) is 0 Å². The van der Waals surface area contributed by atoms with Crippen molar-refractivity contribution >= 4 is 35.0 Å². The third kappa shape index (κ3) is 5.41. The first-order valence-electron chi connectivity index (χ1n) is 7.23. The fourth-order valence-corrected chi connectivity index (χ4v) is 2.73. The molecule has 1 aromatic rings. The predicted octanol–water partition coefficient (Wildman–Crippen LogP) is 2.14. The molecule has 0 saturated carbocycles. The van der Waals surface area contributed by atoms with E-state index in [9.17, 15) is 29.8 Å². The smallest absolute Gasteiger partial charge is 0.326 e. The highest BCUT2D eigenvalue weighted by atomic mass is 32.2. The van der Waals surface area contributed by atoms with Gasteiger partial charge in [0.15, 0.2) is 0 Å². The van der Waals surface area contributed by atoms with Gasteiger partial charge in [-0.1, -0.05) is 6.92 Å². The zero-order valence-electron chi connectivity index (χ0n) is 13.6. The maximum absolute atomic E-state index is 12.2. The van der Waals surface area contributed by atoms with Crippen LogP contribution in [0.15, 0.2) is 12.1 Å². The molecule has 0 fully saturated rings. The number of thioether (sulfide) groups is 1. The number of hydrogen-bond acceptors (Lipinski definition) is 7. The molecule has 0 saturated heterocycles. The number of carbonyl (C=O) groups is 2. The molecule has 0 aliphatic heterocycles. The first kappa shape index (κ1) is 20.4. The third-order valence-corrected chi connectivity index (χ3v) is 4.30. The van der Waals surface area contributed by atoms with Crippen LogP contribution >= 0.6 is 11.8 Å². The molecular weight excluding hydrogens is 354 g/mol. The number of aliphatic carboxylic acids is 1. The van der Waals surface area contributed by atoms with Gasteiger partial charge in [-0.3, -0.25) is 25.0 Å². The summed E-state index contributed by atoms with van der Waals surface area (Å²) in [6, 6.07) is 0.611. The van der Waals surface area contributed by atoms with Gasteiger partial charge in [0.05, 0.1) is 15.4 Å². The summed E-state index contributed by atoms with van der Waals surface area (Å²) in [5.74, 6) is -0.875. The number of hydrogen-bond donors (Lipinski definition) is 2. The van der Waals surface area contributed by atoms with Crippen molar-refractivity contribution in [1.29, 1.82) is 0 Å².